The number of piperazine rings is 1. The summed E-state index contributed by atoms with van der Waals surface area (Å²) in [5.74, 6) is 0.617. The average molecular weight is 410 g/mol. The van der Waals surface area contributed by atoms with Crippen molar-refractivity contribution >= 4 is 38.7 Å². The van der Waals surface area contributed by atoms with Crippen LogP contribution in [0.15, 0.2) is 56.1 Å². The fraction of sp³-hybridized carbons (Fsp3) is 0.235. The molecule has 3 aromatic rings. The molecule has 1 aliphatic heterocycles. The second-order valence-electron chi connectivity index (χ2n) is 5.80. The molecule has 0 amide bonds. The van der Waals surface area contributed by atoms with E-state index >= 15 is 0 Å². The number of nitrogens with one attached hydrogen (secondary N) is 1. The van der Waals surface area contributed by atoms with Gasteiger partial charge in [-0.25, -0.2) is 8.42 Å². The number of benzene rings is 1. The first-order valence-corrected chi connectivity index (χ1v) is 10.8. The number of oxazole rings is 1. The van der Waals surface area contributed by atoms with E-state index in [4.69, 9.17) is 16.0 Å². The van der Waals surface area contributed by atoms with E-state index in [1.54, 1.807) is 12.1 Å². The number of hydrogen-bond acceptors (Lipinski definition) is 7. The molecule has 26 heavy (non-hydrogen) atoms. The van der Waals surface area contributed by atoms with Crippen LogP contribution in [0, 0.1) is 0 Å². The minimum Gasteiger partial charge on any atom is -0.418 e. The summed E-state index contributed by atoms with van der Waals surface area (Å²) >= 11 is 7.34. The lowest BCUT2D eigenvalue weighted by atomic mass is 10.4. The molecule has 2 aromatic heterocycles. The van der Waals surface area contributed by atoms with Crippen LogP contribution in [0.2, 0.25) is 5.02 Å². The molecule has 0 atom stereocenters. The van der Waals surface area contributed by atoms with Gasteiger partial charge in [0.15, 0.2) is 0 Å². The second-order valence-corrected chi connectivity index (χ2v) is 9.05. The molecule has 4 rings (SSSR count). The van der Waals surface area contributed by atoms with Gasteiger partial charge in [0.25, 0.3) is 0 Å². The zero-order chi connectivity index (χ0) is 18.1. The van der Waals surface area contributed by atoms with Gasteiger partial charge in [0, 0.05) is 31.2 Å². The van der Waals surface area contributed by atoms with E-state index < -0.39 is 9.84 Å². The maximum Gasteiger partial charge on any atom is 0.240 e. The number of nitrogens with zero attached hydrogens (tertiary/aromatic N) is 2. The average Bonchev–Trinajstić information content (AvgIpc) is 3.33. The molecule has 0 saturated carbocycles. The summed E-state index contributed by atoms with van der Waals surface area (Å²) in [7, 11) is -3.83. The molecule has 0 bridgehead atoms. The van der Waals surface area contributed by atoms with E-state index in [1.165, 1.54) is 23.5 Å². The topological polar surface area (TPSA) is 75.4 Å². The first-order chi connectivity index (χ1) is 12.6. The van der Waals surface area contributed by atoms with E-state index in [0.717, 1.165) is 18.0 Å². The van der Waals surface area contributed by atoms with Crippen LogP contribution in [0.3, 0.4) is 0 Å². The van der Waals surface area contributed by atoms with Crippen LogP contribution in [0.1, 0.15) is 0 Å². The summed E-state index contributed by atoms with van der Waals surface area (Å²) in [6.07, 6.45) is 0. The summed E-state index contributed by atoms with van der Waals surface area (Å²) in [6.45, 7) is 2.83. The first kappa shape index (κ1) is 17.5. The van der Waals surface area contributed by atoms with Crippen molar-refractivity contribution in [3.8, 4) is 10.8 Å². The maximum atomic E-state index is 13.2. The van der Waals surface area contributed by atoms with Gasteiger partial charge in [-0.2, -0.15) is 4.98 Å². The smallest absolute Gasteiger partial charge is 0.240 e. The Morgan fingerprint density at radius 1 is 1.15 bits per heavy atom. The van der Waals surface area contributed by atoms with Crippen LogP contribution in [0.4, 0.5) is 5.88 Å². The number of aromatic nitrogens is 1. The van der Waals surface area contributed by atoms with Crippen LogP contribution in [0.5, 0.6) is 0 Å². The summed E-state index contributed by atoms with van der Waals surface area (Å²) in [5, 5.41) is 5.58. The third kappa shape index (κ3) is 3.25. The third-order valence-electron chi connectivity index (χ3n) is 4.09. The van der Waals surface area contributed by atoms with Crippen LogP contribution in [0.25, 0.3) is 10.8 Å². The molecule has 3 heterocycles. The van der Waals surface area contributed by atoms with E-state index in [-0.39, 0.29) is 9.92 Å². The van der Waals surface area contributed by atoms with E-state index in [1.807, 2.05) is 22.4 Å². The Balaban J connectivity index is 1.84. The zero-order valence-electron chi connectivity index (χ0n) is 13.7. The normalized spacial score (nSPS) is 15.3. The van der Waals surface area contributed by atoms with Gasteiger partial charge in [0.2, 0.25) is 26.6 Å². The molecule has 1 aromatic carbocycles. The minimum absolute atomic E-state index is 0.0508. The Bertz CT molecular complexity index is 993. The Morgan fingerprint density at radius 2 is 1.88 bits per heavy atom. The molecule has 0 spiro atoms. The van der Waals surface area contributed by atoms with Gasteiger partial charge >= 0.3 is 0 Å². The molecule has 9 heteroatoms. The molecule has 1 fully saturated rings. The van der Waals surface area contributed by atoms with E-state index in [9.17, 15) is 8.42 Å². The predicted octanol–water partition coefficient (Wildman–Crippen LogP) is 3.30. The van der Waals surface area contributed by atoms with Crippen molar-refractivity contribution < 1.29 is 12.8 Å². The summed E-state index contributed by atoms with van der Waals surface area (Å²) in [4.78, 5) is 7.21. The number of halogens is 1. The van der Waals surface area contributed by atoms with Crippen molar-refractivity contribution in [2.24, 2.45) is 0 Å². The Kier molecular flexibility index (Phi) is 4.74. The second kappa shape index (κ2) is 7.03. The van der Waals surface area contributed by atoms with Crippen molar-refractivity contribution in [2.75, 3.05) is 31.1 Å². The predicted molar refractivity (Wildman–Crippen MR) is 102 cm³/mol. The fourth-order valence-corrected chi connectivity index (χ4v) is 4.87. The van der Waals surface area contributed by atoms with Crippen LogP contribution in [-0.2, 0) is 9.84 Å². The van der Waals surface area contributed by atoms with Gasteiger partial charge in [-0.05, 0) is 35.7 Å². The van der Waals surface area contributed by atoms with E-state index in [2.05, 4.69) is 10.3 Å². The highest BCUT2D eigenvalue weighted by Gasteiger charge is 2.32. The zero-order valence-corrected chi connectivity index (χ0v) is 16.1. The molecule has 1 aliphatic rings. The molecule has 6 nitrogen and oxygen atoms in total. The molecule has 1 N–H and O–H groups in total. The SMILES string of the molecule is O=S(=O)(c1ccc(Cl)cc1)c1nc(-c2cccs2)oc1N1CCNCC1. The van der Waals surface area contributed by atoms with Crippen LogP contribution < -0.4 is 10.2 Å². The molecule has 0 aliphatic carbocycles. The van der Waals surface area contributed by atoms with Crippen molar-refractivity contribution in [2.45, 2.75) is 9.92 Å². The lowest BCUT2D eigenvalue weighted by Gasteiger charge is -2.27. The molecular weight excluding hydrogens is 394 g/mol. The quantitative estimate of drug-likeness (QED) is 0.712. The Labute approximate surface area is 160 Å². The lowest BCUT2D eigenvalue weighted by molar-refractivity contribution is 0.507. The maximum absolute atomic E-state index is 13.2. The van der Waals surface area contributed by atoms with Crippen molar-refractivity contribution in [3.63, 3.8) is 0 Å². The first-order valence-electron chi connectivity index (χ1n) is 8.07. The van der Waals surface area contributed by atoms with Crippen LogP contribution in [-0.4, -0.2) is 39.6 Å². The van der Waals surface area contributed by atoms with E-state index in [0.29, 0.717) is 29.9 Å². The number of anilines is 1. The molecule has 136 valence electrons. The highest BCUT2D eigenvalue weighted by atomic mass is 35.5. The minimum atomic E-state index is -3.83. The van der Waals surface area contributed by atoms with Gasteiger partial charge in [0.1, 0.15) is 0 Å². The number of rotatable bonds is 4. The van der Waals surface area contributed by atoms with Crippen molar-refractivity contribution in [1.82, 2.24) is 10.3 Å². The molecule has 0 unspecified atom stereocenters. The lowest BCUT2D eigenvalue weighted by Crippen LogP contribution is -2.43. The highest BCUT2D eigenvalue weighted by molar-refractivity contribution is 7.91. The summed E-state index contributed by atoms with van der Waals surface area (Å²) in [5.41, 5.74) is 0. The molecule has 1 saturated heterocycles. The number of thiophene rings is 1. The van der Waals surface area contributed by atoms with Gasteiger partial charge in [-0.1, -0.05) is 17.7 Å². The van der Waals surface area contributed by atoms with Crippen molar-refractivity contribution in [3.05, 3.63) is 46.8 Å². The van der Waals surface area contributed by atoms with Gasteiger partial charge in [-0.15, -0.1) is 11.3 Å². The Hall–Kier alpha value is -1.87. The summed E-state index contributed by atoms with van der Waals surface area (Å²) < 4.78 is 32.3. The largest absolute Gasteiger partial charge is 0.418 e. The summed E-state index contributed by atoms with van der Waals surface area (Å²) in [6, 6.07) is 9.81. The fourth-order valence-electron chi connectivity index (χ4n) is 2.77. The van der Waals surface area contributed by atoms with Gasteiger partial charge in [0.05, 0.1) is 9.77 Å². The van der Waals surface area contributed by atoms with Crippen molar-refractivity contribution in [1.29, 1.82) is 0 Å². The van der Waals surface area contributed by atoms with Crippen LogP contribution >= 0.6 is 22.9 Å². The Morgan fingerprint density at radius 3 is 2.54 bits per heavy atom. The number of hydrogen-bond donors (Lipinski definition) is 1. The standard InChI is InChI=1S/C17H16ClN3O3S2/c18-12-3-5-13(6-4-12)26(22,23)16-17(21-9-7-19-8-10-21)24-15(20-16)14-2-1-11-25-14/h1-6,11,19H,7-10H2. The third-order valence-corrected chi connectivity index (χ3v) is 6.87. The highest BCUT2D eigenvalue weighted by Crippen LogP contribution is 2.36. The number of sulfone groups is 1. The molecule has 0 radical (unpaired) electrons. The van der Waals surface area contributed by atoms with Gasteiger partial charge < -0.3 is 14.6 Å². The monoisotopic (exact) mass is 409 g/mol. The van der Waals surface area contributed by atoms with Gasteiger partial charge in [-0.3, -0.25) is 0 Å². The molecular formula is C17H16ClN3O3S2.